The molecule has 0 spiro atoms. The van der Waals surface area contributed by atoms with Gasteiger partial charge in [-0.1, -0.05) is 11.6 Å². The van der Waals surface area contributed by atoms with Crippen molar-refractivity contribution in [3.63, 3.8) is 0 Å². The SMILES string of the molecule is Cc1nc(Cl)c([N+](=O)[O-])c(N2CCCC[C@H]2CO)n1. The molecule has 8 heteroatoms. The Balaban J connectivity index is 2.50. The first-order chi connectivity index (χ1) is 9.04. The zero-order valence-electron chi connectivity index (χ0n) is 10.5. The van der Waals surface area contributed by atoms with E-state index in [0.29, 0.717) is 12.4 Å². The molecule has 1 saturated heterocycles. The highest BCUT2D eigenvalue weighted by atomic mass is 35.5. The number of anilines is 1. The largest absolute Gasteiger partial charge is 0.394 e. The molecule has 1 aliphatic heterocycles. The minimum absolute atomic E-state index is 0.0577. The summed E-state index contributed by atoms with van der Waals surface area (Å²) in [7, 11) is 0. The van der Waals surface area contributed by atoms with Crippen molar-refractivity contribution in [1.29, 1.82) is 0 Å². The highest BCUT2D eigenvalue weighted by molar-refractivity contribution is 6.31. The van der Waals surface area contributed by atoms with Crippen molar-refractivity contribution in [2.24, 2.45) is 0 Å². The molecule has 2 heterocycles. The van der Waals surface area contributed by atoms with Crippen molar-refractivity contribution in [2.75, 3.05) is 18.1 Å². The summed E-state index contributed by atoms with van der Waals surface area (Å²) < 4.78 is 0. The number of hydrogen-bond donors (Lipinski definition) is 1. The molecule has 0 radical (unpaired) electrons. The average Bonchev–Trinajstić information content (AvgIpc) is 2.37. The van der Waals surface area contributed by atoms with Crippen molar-refractivity contribution in [3.8, 4) is 0 Å². The van der Waals surface area contributed by atoms with Crippen LogP contribution in [0, 0.1) is 17.0 Å². The summed E-state index contributed by atoms with van der Waals surface area (Å²) in [4.78, 5) is 20.3. The molecule has 0 amide bonds. The molecular weight excluding hydrogens is 272 g/mol. The van der Waals surface area contributed by atoms with E-state index in [9.17, 15) is 15.2 Å². The second kappa shape index (κ2) is 5.66. The predicted molar refractivity (Wildman–Crippen MR) is 70.5 cm³/mol. The lowest BCUT2D eigenvalue weighted by Crippen LogP contribution is -2.42. The Kier molecular flexibility index (Phi) is 4.16. The molecule has 0 aliphatic carbocycles. The number of aliphatic hydroxyl groups is 1. The molecule has 104 valence electrons. The first-order valence-corrected chi connectivity index (χ1v) is 6.48. The van der Waals surface area contributed by atoms with Gasteiger partial charge in [-0.15, -0.1) is 0 Å². The van der Waals surface area contributed by atoms with E-state index in [1.54, 1.807) is 11.8 Å². The van der Waals surface area contributed by atoms with E-state index in [1.165, 1.54) is 0 Å². The maximum Gasteiger partial charge on any atom is 0.348 e. The van der Waals surface area contributed by atoms with Crippen LogP contribution in [0.1, 0.15) is 25.1 Å². The number of aliphatic hydroxyl groups excluding tert-OH is 1. The van der Waals surface area contributed by atoms with Gasteiger partial charge in [0.25, 0.3) is 0 Å². The molecule has 0 aromatic carbocycles. The summed E-state index contributed by atoms with van der Waals surface area (Å²) in [6.45, 7) is 2.20. The zero-order valence-corrected chi connectivity index (χ0v) is 11.3. The van der Waals surface area contributed by atoms with Crippen LogP contribution in [-0.4, -0.2) is 39.2 Å². The van der Waals surface area contributed by atoms with Gasteiger partial charge in [0.05, 0.1) is 17.6 Å². The van der Waals surface area contributed by atoms with E-state index in [0.717, 1.165) is 19.3 Å². The maximum atomic E-state index is 11.1. The van der Waals surface area contributed by atoms with Gasteiger partial charge in [-0.05, 0) is 26.2 Å². The second-order valence-electron chi connectivity index (χ2n) is 4.52. The van der Waals surface area contributed by atoms with Gasteiger partial charge >= 0.3 is 5.69 Å². The minimum atomic E-state index is -0.569. The molecule has 1 aliphatic rings. The Morgan fingerprint density at radius 1 is 1.53 bits per heavy atom. The number of aryl methyl sites for hydroxylation is 1. The Morgan fingerprint density at radius 3 is 2.89 bits per heavy atom. The lowest BCUT2D eigenvalue weighted by atomic mass is 10.0. The Bertz CT molecular complexity index is 497. The second-order valence-corrected chi connectivity index (χ2v) is 4.87. The van der Waals surface area contributed by atoms with E-state index in [2.05, 4.69) is 9.97 Å². The summed E-state index contributed by atoms with van der Waals surface area (Å²) in [6, 6.07) is -0.155. The molecule has 2 rings (SSSR count). The number of rotatable bonds is 3. The van der Waals surface area contributed by atoms with Gasteiger partial charge in [-0.3, -0.25) is 10.1 Å². The third-order valence-corrected chi connectivity index (χ3v) is 3.49. The van der Waals surface area contributed by atoms with E-state index in [1.807, 2.05) is 0 Å². The molecule has 1 atom stereocenters. The number of piperidine rings is 1. The normalized spacial score (nSPS) is 19.5. The van der Waals surface area contributed by atoms with Crippen molar-refractivity contribution in [2.45, 2.75) is 32.2 Å². The van der Waals surface area contributed by atoms with Crippen molar-refractivity contribution in [1.82, 2.24) is 9.97 Å². The highest BCUT2D eigenvalue weighted by Crippen LogP contribution is 2.35. The van der Waals surface area contributed by atoms with Gasteiger partial charge in [0.1, 0.15) is 5.82 Å². The lowest BCUT2D eigenvalue weighted by molar-refractivity contribution is -0.384. The van der Waals surface area contributed by atoms with Crippen molar-refractivity contribution < 1.29 is 10.0 Å². The van der Waals surface area contributed by atoms with Crippen LogP contribution in [-0.2, 0) is 0 Å². The molecule has 0 unspecified atom stereocenters. The topological polar surface area (TPSA) is 92.4 Å². The molecule has 0 bridgehead atoms. The molecule has 1 fully saturated rings. The van der Waals surface area contributed by atoms with E-state index < -0.39 is 4.92 Å². The molecule has 1 N–H and O–H groups in total. The quantitative estimate of drug-likeness (QED) is 0.516. The zero-order chi connectivity index (χ0) is 14.0. The minimum Gasteiger partial charge on any atom is -0.394 e. The average molecular weight is 287 g/mol. The first-order valence-electron chi connectivity index (χ1n) is 6.10. The first kappa shape index (κ1) is 14.0. The predicted octanol–water partition coefficient (Wildman–Crippen LogP) is 1.70. The summed E-state index contributed by atoms with van der Waals surface area (Å²) in [5.41, 5.74) is -0.285. The molecule has 19 heavy (non-hydrogen) atoms. The number of nitrogens with zero attached hydrogens (tertiary/aromatic N) is 4. The van der Waals surface area contributed by atoms with Crippen molar-refractivity contribution >= 4 is 23.1 Å². The van der Waals surface area contributed by atoms with Crippen molar-refractivity contribution in [3.05, 3.63) is 21.1 Å². The van der Waals surface area contributed by atoms with Crippen LogP contribution >= 0.6 is 11.6 Å². The summed E-state index contributed by atoms with van der Waals surface area (Å²) in [6.07, 6.45) is 2.69. The monoisotopic (exact) mass is 286 g/mol. The van der Waals surface area contributed by atoms with Gasteiger partial charge in [0.2, 0.25) is 11.0 Å². The molecule has 1 aromatic heterocycles. The number of hydrogen-bond acceptors (Lipinski definition) is 6. The Labute approximate surface area is 115 Å². The van der Waals surface area contributed by atoms with Crippen LogP contribution in [0.25, 0.3) is 0 Å². The Morgan fingerprint density at radius 2 is 2.26 bits per heavy atom. The maximum absolute atomic E-state index is 11.1. The third kappa shape index (κ3) is 2.76. The van der Waals surface area contributed by atoms with Crippen LogP contribution in [0.5, 0.6) is 0 Å². The fraction of sp³-hybridized carbons (Fsp3) is 0.636. The summed E-state index contributed by atoms with van der Waals surface area (Å²) in [5.74, 6) is 0.592. The van der Waals surface area contributed by atoms with Crippen LogP contribution in [0.3, 0.4) is 0 Å². The smallest absolute Gasteiger partial charge is 0.348 e. The van der Waals surface area contributed by atoms with Gasteiger partial charge < -0.3 is 10.0 Å². The standard InChI is InChI=1S/C11H15ClN4O3/c1-7-13-10(12)9(16(18)19)11(14-7)15-5-3-2-4-8(15)6-17/h8,17H,2-6H2,1H3/t8-/m0/s1. The summed E-state index contributed by atoms with van der Waals surface area (Å²) in [5, 5.41) is 20.4. The molecule has 0 saturated carbocycles. The third-order valence-electron chi connectivity index (χ3n) is 3.23. The number of nitro groups is 1. The number of halogens is 1. The van der Waals surface area contributed by atoms with Crippen LogP contribution in [0.15, 0.2) is 0 Å². The number of aromatic nitrogens is 2. The molecule has 7 nitrogen and oxygen atoms in total. The van der Waals surface area contributed by atoms with Crippen LogP contribution in [0.4, 0.5) is 11.5 Å². The highest BCUT2D eigenvalue weighted by Gasteiger charge is 2.32. The van der Waals surface area contributed by atoms with Gasteiger partial charge in [-0.2, -0.15) is 0 Å². The van der Waals surface area contributed by atoms with Crippen LogP contribution in [0.2, 0.25) is 5.15 Å². The molecule has 1 aromatic rings. The lowest BCUT2D eigenvalue weighted by Gasteiger charge is -2.35. The Hall–Kier alpha value is -1.47. The fourth-order valence-electron chi connectivity index (χ4n) is 2.34. The van der Waals surface area contributed by atoms with Crippen LogP contribution < -0.4 is 4.90 Å². The molecular formula is C11H15ClN4O3. The van der Waals surface area contributed by atoms with E-state index in [4.69, 9.17) is 11.6 Å². The van der Waals surface area contributed by atoms with E-state index >= 15 is 0 Å². The van der Waals surface area contributed by atoms with E-state index in [-0.39, 0.29) is 29.3 Å². The summed E-state index contributed by atoms with van der Waals surface area (Å²) >= 11 is 5.86. The fourth-order valence-corrected chi connectivity index (χ4v) is 2.62. The van der Waals surface area contributed by atoms with Gasteiger partial charge in [0, 0.05) is 6.54 Å². The van der Waals surface area contributed by atoms with Gasteiger partial charge in [-0.25, -0.2) is 9.97 Å². The van der Waals surface area contributed by atoms with Gasteiger partial charge in [0.15, 0.2) is 0 Å².